The quantitative estimate of drug-likeness (QED) is 0.589. The van der Waals surface area contributed by atoms with Crippen LogP contribution in [0.5, 0.6) is 0 Å². The van der Waals surface area contributed by atoms with Gasteiger partial charge >= 0.3 is 0 Å². The standard InChI is InChI=1S/C22H23N3O3S3/c1-15-8-16(2)10-19(9-15)31(27,28)25-14-29-13-20(25)21(26)23-11-18-12-30-22(24-18)17-6-4-3-5-7-17/h3-10,12,20H,11,13-14H2,1-2H3,(H,23,26)/t20-/m1/s1. The maximum atomic E-state index is 13.2. The minimum absolute atomic E-state index is 0.234. The zero-order valence-corrected chi connectivity index (χ0v) is 19.7. The molecule has 0 saturated carbocycles. The second kappa shape index (κ2) is 9.12. The minimum atomic E-state index is -3.75. The van der Waals surface area contributed by atoms with Crippen LogP contribution in [-0.2, 0) is 21.4 Å². The van der Waals surface area contributed by atoms with Gasteiger partial charge in [-0.15, -0.1) is 23.1 Å². The second-order valence-corrected chi connectivity index (χ2v) is 11.2. The first-order chi connectivity index (χ1) is 14.8. The van der Waals surface area contributed by atoms with Crippen molar-refractivity contribution in [3.05, 3.63) is 70.7 Å². The van der Waals surface area contributed by atoms with Crippen molar-refractivity contribution in [3.8, 4) is 10.6 Å². The van der Waals surface area contributed by atoms with Crippen LogP contribution in [0.1, 0.15) is 16.8 Å². The van der Waals surface area contributed by atoms with Crippen molar-refractivity contribution < 1.29 is 13.2 Å². The molecule has 2 heterocycles. The number of benzene rings is 2. The largest absolute Gasteiger partial charge is 0.349 e. The number of sulfonamides is 1. The number of thiazole rings is 1. The number of aryl methyl sites for hydroxylation is 2. The summed E-state index contributed by atoms with van der Waals surface area (Å²) in [7, 11) is -3.75. The van der Waals surface area contributed by atoms with Crippen LogP contribution in [0, 0.1) is 13.8 Å². The van der Waals surface area contributed by atoms with Gasteiger partial charge in [0.1, 0.15) is 11.0 Å². The summed E-state index contributed by atoms with van der Waals surface area (Å²) in [6.45, 7) is 4.00. The first-order valence-electron chi connectivity index (χ1n) is 9.80. The van der Waals surface area contributed by atoms with Gasteiger partial charge < -0.3 is 5.32 Å². The molecule has 4 rings (SSSR count). The molecular weight excluding hydrogens is 450 g/mol. The topological polar surface area (TPSA) is 79.4 Å². The van der Waals surface area contributed by atoms with Crippen LogP contribution in [0.4, 0.5) is 0 Å². The van der Waals surface area contributed by atoms with Crippen LogP contribution in [0.25, 0.3) is 10.6 Å². The van der Waals surface area contributed by atoms with E-state index in [1.165, 1.54) is 27.4 Å². The smallest absolute Gasteiger partial charge is 0.244 e. The first kappa shape index (κ1) is 22.0. The van der Waals surface area contributed by atoms with Crippen LogP contribution >= 0.6 is 23.1 Å². The van der Waals surface area contributed by atoms with E-state index in [0.717, 1.165) is 27.4 Å². The van der Waals surface area contributed by atoms with E-state index in [2.05, 4.69) is 10.3 Å². The van der Waals surface area contributed by atoms with Gasteiger partial charge in [-0.3, -0.25) is 4.79 Å². The number of nitrogens with zero attached hydrogens (tertiary/aromatic N) is 2. The molecule has 2 aromatic carbocycles. The van der Waals surface area contributed by atoms with Gasteiger partial charge in [0, 0.05) is 16.7 Å². The van der Waals surface area contributed by atoms with Crippen LogP contribution in [0.3, 0.4) is 0 Å². The fourth-order valence-corrected chi connectivity index (χ4v) is 7.65. The summed E-state index contributed by atoms with van der Waals surface area (Å²) >= 11 is 2.96. The molecule has 1 amide bonds. The molecule has 1 fully saturated rings. The van der Waals surface area contributed by atoms with E-state index in [4.69, 9.17) is 0 Å². The van der Waals surface area contributed by atoms with E-state index in [0.29, 0.717) is 5.75 Å². The summed E-state index contributed by atoms with van der Waals surface area (Å²) in [5.41, 5.74) is 3.54. The average Bonchev–Trinajstić information content (AvgIpc) is 3.42. The van der Waals surface area contributed by atoms with Gasteiger partial charge in [-0.25, -0.2) is 13.4 Å². The van der Waals surface area contributed by atoms with Crippen LogP contribution in [0.15, 0.2) is 58.8 Å². The van der Waals surface area contributed by atoms with Gasteiger partial charge in [-0.2, -0.15) is 4.31 Å². The van der Waals surface area contributed by atoms with Crippen LogP contribution in [0.2, 0.25) is 0 Å². The second-order valence-electron chi connectivity index (χ2n) is 7.46. The van der Waals surface area contributed by atoms with Crippen molar-refractivity contribution in [2.45, 2.75) is 31.3 Å². The molecule has 6 nitrogen and oxygen atoms in total. The van der Waals surface area contributed by atoms with E-state index < -0.39 is 16.1 Å². The lowest BCUT2D eigenvalue weighted by Crippen LogP contribution is -2.47. The molecule has 1 aromatic heterocycles. The molecule has 0 unspecified atom stereocenters. The Morgan fingerprint density at radius 1 is 1.16 bits per heavy atom. The molecule has 1 atom stereocenters. The first-order valence-corrected chi connectivity index (χ1v) is 13.3. The molecule has 1 aliphatic heterocycles. The van der Waals surface area contributed by atoms with Gasteiger partial charge in [0.25, 0.3) is 0 Å². The number of amides is 1. The van der Waals surface area contributed by atoms with Gasteiger partial charge in [-0.05, 0) is 37.1 Å². The molecule has 1 N–H and O–H groups in total. The molecule has 0 radical (unpaired) electrons. The summed E-state index contributed by atoms with van der Waals surface area (Å²) in [5, 5.41) is 5.67. The molecule has 31 heavy (non-hydrogen) atoms. The average molecular weight is 474 g/mol. The Hall–Kier alpha value is -2.20. The van der Waals surface area contributed by atoms with Crippen molar-refractivity contribution in [3.63, 3.8) is 0 Å². The van der Waals surface area contributed by atoms with E-state index in [1.807, 2.05) is 55.6 Å². The van der Waals surface area contributed by atoms with E-state index in [9.17, 15) is 13.2 Å². The summed E-state index contributed by atoms with van der Waals surface area (Å²) in [4.78, 5) is 17.7. The number of hydrogen-bond donors (Lipinski definition) is 1. The summed E-state index contributed by atoms with van der Waals surface area (Å²) in [5.74, 6) is 0.400. The van der Waals surface area contributed by atoms with Crippen molar-refractivity contribution in [1.29, 1.82) is 0 Å². The van der Waals surface area contributed by atoms with Crippen molar-refractivity contribution in [2.24, 2.45) is 0 Å². The predicted molar refractivity (Wildman–Crippen MR) is 125 cm³/mol. The highest BCUT2D eigenvalue weighted by Gasteiger charge is 2.40. The van der Waals surface area contributed by atoms with Crippen LogP contribution in [-0.4, -0.2) is 41.3 Å². The van der Waals surface area contributed by atoms with Gasteiger partial charge in [-0.1, -0.05) is 36.4 Å². The molecule has 1 aliphatic rings. The molecule has 9 heteroatoms. The fraction of sp³-hybridized carbons (Fsp3) is 0.273. The Balaban J connectivity index is 1.45. The summed E-state index contributed by atoms with van der Waals surface area (Å²) in [6, 6.07) is 14.4. The predicted octanol–water partition coefficient (Wildman–Crippen LogP) is 3.81. The number of carbonyl (C=O) groups excluding carboxylic acids is 1. The molecule has 0 spiro atoms. The Bertz CT molecular complexity index is 1170. The highest BCUT2D eigenvalue weighted by molar-refractivity contribution is 8.00. The highest BCUT2D eigenvalue weighted by atomic mass is 32.2. The monoisotopic (exact) mass is 473 g/mol. The third kappa shape index (κ3) is 4.85. The zero-order chi connectivity index (χ0) is 22.0. The Morgan fingerprint density at radius 2 is 1.87 bits per heavy atom. The lowest BCUT2D eigenvalue weighted by molar-refractivity contribution is -0.124. The normalized spacial score (nSPS) is 17.0. The van der Waals surface area contributed by atoms with E-state index >= 15 is 0 Å². The van der Waals surface area contributed by atoms with Gasteiger partial charge in [0.15, 0.2) is 0 Å². The van der Waals surface area contributed by atoms with Crippen molar-refractivity contribution in [2.75, 3.05) is 11.6 Å². The lowest BCUT2D eigenvalue weighted by Gasteiger charge is -2.23. The third-order valence-electron chi connectivity index (χ3n) is 4.96. The Morgan fingerprint density at radius 3 is 2.58 bits per heavy atom. The fourth-order valence-electron chi connectivity index (χ4n) is 3.48. The SMILES string of the molecule is Cc1cc(C)cc(S(=O)(=O)N2CSC[C@@H]2C(=O)NCc2csc(-c3ccccc3)n2)c1. The lowest BCUT2D eigenvalue weighted by atomic mass is 10.2. The number of nitrogens with one attached hydrogen (secondary N) is 1. The highest BCUT2D eigenvalue weighted by Crippen LogP contribution is 2.29. The van der Waals surface area contributed by atoms with Crippen LogP contribution < -0.4 is 5.32 Å². The molecule has 0 aliphatic carbocycles. The number of rotatable bonds is 6. The number of carbonyl (C=O) groups is 1. The Kier molecular flexibility index (Phi) is 6.47. The Labute approximate surface area is 190 Å². The third-order valence-corrected chi connectivity index (χ3v) is 8.91. The molecule has 0 bridgehead atoms. The zero-order valence-electron chi connectivity index (χ0n) is 17.2. The summed E-state index contributed by atoms with van der Waals surface area (Å²) in [6.07, 6.45) is 0. The minimum Gasteiger partial charge on any atom is -0.349 e. The van der Waals surface area contributed by atoms with E-state index in [1.54, 1.807) is 12.1 Å². The summed E-state index contributed by atoms with van der Waals surface area (Å²) < 4.78 is 27.7. The molecule has 3 aromatic rings. The maximum absolute atomic E-state index is 13.2. The van der Waals surface area contributed by atoms with Gasteiger partial charge in [0.05, 0.1) is 23.0 Å². The number of hydrogen-bond acceptors (Lipinski definition) is 6. The number of thioether (sulfide) groups is 1. The molecule has 162 valence electrons. The molecule has 1 saturated heterocycles. The van der Waals surface area contributed by atoms with Gasteiger partial charge in [0.2, 0.25) is 15.9 Å². The number of aromatic nitrogens is 1. The van der Waals surface area contributed by atoms with Crippen molar-refractivity contribution >= 4 is 39.0 Å². The van der Waals surface area contributed by atoms with E-state index in [-0.39, 0.29) is 23.2 Å². The van der Waals surface area contributed by atoms with Crippen molar-refractivity contribution in [1.82, 2.24) is 14.6 Å². The molecular formula is C22H23N3O3S3. The maximum Gasteiger partial charge on any atom is 0.244 e.